The van der Waals surface area contributed by atoms with Crippen molar-refractivity contribution < 1.29 is 9.59 Å². The molecule has 0 aliphatic carbocycles. The lowest BCUT2D eigenvalue weighted by atomic mass is 10.1. The maximum Gasteiger partial charge on any atom is 0.255 e. The van der Waals surface area contributed by atoms with Crippen LogP contribution in [0.15, 0.2) is 42.5 Å². The number of benzene rings is 2. The molecule has 1 aliphatic rings. The van der Waals surface area contributed by atoms with Crippen molar-refractivity contribution in [1.29, 1.82) is 0 Å². The van der Waals surface area contributed by atoms with Gasteiger partial charge in [-0.1, -0.05) is 42.0 Å². The molecule has 0 unspecified atom stereocenters. The number of likely N-dealkylation sites (tertiary alicyclic amines) is 1. The van der Waals surface area contributed by atoms with Crippen molar-refractivity contribution in [1.82, 2.24) is 4.90 Å². The zero-order valence-corrected chi connectivity index (χ0v) is 15.5. The summed E-state index contributed by atoms with van der Waals surface area (Å²) in [7, 11) is 0. The Morgan fingerprint density at radius 1 is 1.00 bits per heavy atom. The van der Waals surface area contributed by atoms with Crippen LogP contribution in [0.1, 0.15) is 46.3 Å². The third kappa shape index (κ3) is 4.31. The molecule has 3 rings (SSSR count). The molecule has 2 aromatic rings. The fourth-order valence-corrected chi connectivity index (χ4v) is 3.32. The van der Waals surface area contributed by atoms with Crippen LogP contribution in [-0.4, -0.2) is 29.8 Å². The zero-order valence-electron chi connectivity index (χ0n) is 15.5. The quantitative estimate of drug-likeness (QED) is 0.882. The summed E-state index contributed by atoms with van der Waals surface area (Å²) in [5.74, 6) is -0.0459. The number of hydrogen-bond acceptors (Lipinski definition) is 2. The van der Waals surface area contributed by atoms with E-state index in [9.17, 15) is 9.59 Å². The van der Waals surface area contributed by atoms with E-state index in [1.165, 1.54) is 5.56 Å². The first-order valence-corrected chi connectivity index (χ1v) is 9.29. The van der Waals surface area contributed by atoms with E-state index in [1.54, 1.807) is 0 Å². The van der Waals surface area contributed by atoms with Crippen molar-refractivity contribution in [3.8, 4) is 0 Å². The van der Waals surface area contributed by atoms with Gasteiger partial charge >= 0.3 is 0 Å². The second-order valence-corrected chi connectivity index (χ2v) is 7.03. The minimum absolute atomic E-state index is 0.0139. The molecule has 26 heavy (non-hydrogen) atoms. The molecule has 4 heteroatoms. The molecule has 0 radical (unpaired) electrons. The average molecular weight is 350 g/mol. The van der Waals surface area contributed by atoms with E-state index in [0.717, 1.165) is 37.1 Å². The average Bonchev–Trinajstić information content (AvgIpc) is 3.17. The SMILES string of the molecule is Cc1ccc(CCC(=O)Nc2c(C)cccc2C(=O)N2CCCC2)cc1. The van der Waals surface area contributed by atoms with Crippen molar-refractivity contribution in [3.05, 3.63) is 64.7 Å². The molecule has 0 aromatic heterocycles. The molecule has 1 N–H and O–H groups in total. The topological polar surface area (TPSA) is 49.4 Å². The molecule has 0 atom stereocenters. The fraction of sp³-hybridized carbons (Fsp3) is 0.364. The summed E-state index contributed by atoms with van der Waals surface area (Å²) in [5.41, 5.74) is 4.51. The Labute approximate surface area is 155 Å². The van der Waals surface area contributed by atoms with Crippen molar-refractivity contribution >= 4 is 17.5 Å². The maximum absolute atomic E-state index is 12.8. The van der Waals surface area contributed by atoms with Gasteiger partial charge in [-0.2, -0.15) is 0 Å². The number of anilines is 1. The molecule has 0 spiro atoms. The molecule has 2 amide bonds. The van der Waals surface area contributed by atoms with Crippen LogP contribution in [0.4, 0.5) is 5.69 Å². The van der Waals surface area contributed by atoms with Crippen LogP contribution < -0.4 is 5.32 Å². The van der Waals surface area contributed by atoms with E-state index in [2.05, 4.69) is 29.6 Å². The summed E-state index contributed by atoms with van der Waals surface area (Å²) >= 11 is 0. The first-order valence-electron chi connectivity index (χ1n) is 9.29. The highest BCUT2D eigenvalue weighted by molar-refractivity contribution is 6.04. The first kappa shape index (κ1) is 18.2. The van der Waals surface area contributed by atoms with Crippen LogP contribution in [-0.2, 0) is 11.2 Å². The number of rotatable bonds is 5. The van der Waals surface area contributed by atoms with Crippen molar-refractivity contribution in [2.45, 2.75) is 39.5 Å². The smallest absolute Gasteiger partial charge is 0.255 e. The highest BCUT2D eigenvalue weighted by Crippen LogP contribution is 2.24. The Hall–Kier alpha value is -2.62. The highest BCUT2D eigenvalue weighted by atomic mass is 16.2. The number of carbonyl (C=O) groups is 2. The highest BCUT2D eigenvalue weighted by Gasteiger charge is 2.23. The summed E-state index contributed by atoms with van der Waals surface area (Å²) in [6.45, 7) is 5.57. The van der Waals surface area contributed by atoms with Gasteiger partial charge in [-0.25, -0.2) is 0 Å². The zero-order chi connectivity index (χ0) is 18.5. The molecule has 136 valence electrons. The van der Waals surface area contributed by atoms with E-state index in [0.29, 0.717) is 24.1 Å². The molecule has 1 aliphatic heterocycles. The van der Waals surface area contributed by atoms with E-state index >= 15 is 0 Å². The van der Waals surface area contributed by atoms with E-state index in [1.807, 2.05) is 36.9 Å². The lowest BCUT2D eigenvalue weighted by Crippen LogP contribution is -2.29. The van der Waals surface area contributed by atoms with Gasteiger partial charge in [0, 0.05) is 19.5 Å². The summed E-state index contributed by atoms with van der Waals surface area (Å²) < 4.78 is 0. The van der Waals surface area contributed by atoms with Crippen molar-refractivity contribution in [2.75, 3.05) is 18.4 Å². The number of amides is 2. The summed E-state index contributed by atoms with van der Waals surface area (Å²) in [6, 6.07) is 13.8. The Morgan fingerprint density at radius 2 is 1.69 bits per heavy atom. The predicted octanol–water partition coefficient (Wildman–Crippen LogP) is 4.11. The molecule has 4 nitrogen and oxygen atoms in total. The minimum atomic E-state index is -0.0599. The monoisotopic (exact) mass is 350 g/mol. The Bertz CT molecular complexity index is 790. The molecule has 1 heterocycles. The van der Waals surface area contributed by atoms with Crippen molar-refractivity contribution in [3.63, 3.8) is 0 Å². The Morgan fingerprint density at radius 3 is 2.38 bits per heavy atom. The largest absolute Gasteiger partial charge is 0.339 e. The van der Waals surface area contributed by atoms with Gasteiger partial charge in [0.2, 0.25) is 5.91 Å². The van der Waals surface area contributed by atoms with Crippen LogP contribution in [0.25, 0.3) is 0 Å². The lowest BCUT2D eigenvalue weighted by molar-refractivity contribution is -0.116. The number of carbonyl (C=O) groups excluding carboxylic acids is 2. The molecule has 1 fully saturated rings. The van der Waals surface area contributed by atoms with Crippen LogP contribution in [0.5, 0.6) is 0 Å². The molecule has 0 saturated carbocycles. The third-order valence-corrected chi connectivity index (χ3v) is 4.92. The number of hydrogen-bond donors (Lipinski definition) is 1. The predicted molar refractivity (Wildman–Crippen MR) is 104 cm³/mol. The minimum Gasteiger partial charge on any atom is -0.339 e. The normalized spacial score (nSPS) is 13.7. The van der Waals surface area contributed by atoms with Gasteiger partial charge in [-0.3, -0.25) is 9.59 Å². The number of nitrogens with zero attached hydrogens (tertiary/aromatic N) is 1. The maximum atomic E-state index is 12.8. The summed E-state index contributed by atoms with van der Waals surface area (Å²) in [4.78, 5) is 27.1. The second kappa shape index (κ2) is 8.17. The number of para-hydroxylation sites is 1. The van der Waals surface area contributed by atoms with Gasteiger partial charge in [0.25, 0.3) is 5.91 Å². The Balaban J connectivity index is 1.69. The van der Waals surface area contributed by atoms with Gasteiger partial charge < -0.3 is 10.2 Å². The third-order valence-electron chi connectivity index (χ3n) is 4.92. The lowest BCUT2D eigenvalue weighted by Gasteiger charge is -2.19. The van der Waals surface area contributed by atoms with Gasteiger partial charge in [0.15, 0.2) is 0 Å². The molecule has 2 aromatic carbocycles. The van der Waals surface area contributed by atoms with Crippen LogP contribution in [0, 0.1) is 13.8 Å². The number of aryl methyl sites for hydroxylation is 3. The number of nitrogens with one attached hydrogen (secondary N) is 1. The molecular weight excluding hydrogens is 324 g/mol. The fourth-order valence-electron chi connectivity index (χ4n) is 3.32. The van der Waals surface area contributed by atoms with Gasteiger partial charge in [-0.05, 0) is 50.3 Å². The second-order valence-electron chi connectivity index (χ2n) is 7.03. The first-order chi connectivity index (χ1) is 12.5. The Kier molecular flexibility index (Phi) is 5.71. The van der Waals surface area contributed by atoms with E-state index in [-0.39, 0.29) is 11.8 Å². The summed E-state index contributed by atoms with van der Waals surface area (Å²) in [5, 5.41) is 2.98. The van der Waals surface area contributed by atoms with E-state index < -0.39 is 0 Å². The summed E-state index contributed by atoms with van der Waals surface area (Å²) in [6.07, 6.45) is 3.19. The molecule has 1 saturated heterocycles. The molecular formula is C22H26N2O2. The van der Waals surface area contributed by atoms with E-state index in [4.69, 9.17) is 0 Å². The van der Waals surface area contributed by atoms with Gasteiger partial charge in [-0.15, -0.1) is 0 Å². The van der Waals surface area contributed by atoms with Crippen LogP contribution >= 0.6 is 0 Å². The van der Waals surface area contributed by atoms with Crippen molar-refractivity contribution in [2.24, 2.45) is 0 Å². The van der Waals surface area contributed by atoms with Gasteiger partial charge in [0.1, 0.15) is 0 Å². The van der Waals surface area contributed by atoms with Crippen LogP contribution in [0.3, 0.4) is 0 Å². The standard InChI is InChI=1S/C22H26N2O2/c1-16-8-10-18(11-9-16)12-13-20(25)23-21-17(2)6-5-7-19(21)22(26)24-14-3-4-15-24/h5-11H,3-4,12-15H2,1-2H3,(H,23,25). The molecule has 0 bridgehead atoms. The van der Waals surface area contributed by atoms with Gasteiger partial charge in [0.05, 0.1) is 11.3 Å². The van der Waals surface area contributed by atoms with Crippen LogP contribution in [0.2, 0.25) is 0 Å².